The maximum absolute atomic E-state index is 12.0. The quantitative estimate of drug-likeness (QED) is 0.834. The van der Waals surface area contributed by atoms with Crippen LogP contribution in [0.1, 0.15) is 43.7 Å². The van der Waals surface area contributed by atoms with E-state index in [2.05, 4.69) is 29.6 Å². The molecule has 0 heterocycles. The van der Waals surface area contributed by atoms with Crippen LogP contribution in [0.15, 0.2) is 24.3 Å². The highest BCUT2D eigenvalue weighted by atomic mass is 16.1. The molecule has 1 unspecified atom stereocenters. The summed E-state index contributed by atoms with van der Waals surface area (Å²) in [7, 11) is 0. The van der Waals surface area contributed by atoms with Crippen molar-refractivity contribution in [1.29, 1.82) is 0 Å². The molecule has 20 heavy (non-hydrogen) atoms. The molecule has 2 saturated carbocycles. The van der Waals surface area contributed by atoms with Gasteiger partial charge in [0, 0.05) is 17.5 Å². The molecule has 1 atom stereocenters. The monoisotopic (exact) mass is 272 g/mol. The van der Waals surface area contributed by atoms with Crippen molar-refractivity contribution in [3.8, 4) is 0 Å². The van der Waals surface area contributed by atoms with E-state index in [0.717, 1.165) is 38.5 Å². The van der Waals surface area contributed by atoms with E-state index in [1.54, 1.807) is 0 Å². The predicted molar refractivity (Wildman–Crippen MR) is 80.3 cm³/mol. The minimum Gasteiger partial charge on any atom is -0.353 e. The van der Waals surface area contributed by atoms with E-state index in [-0.39, 0.29) is 17.4 Å². The second-order valence-corrected chi connectivity index (χ2v) is 6.75. The fraction of sp³-hybridized carbons (Fsp3) is 0.588. The summed E-state index contributed by atoms with van der Waals surface area (Å²) in [6.07, 6.45) is 6.33. The Morgan fingerprint density at radius 1 is 1.40 bits per heavy atom. The summed E-state index contributed by atoms with van der Waals surface area (Å²) in [4.78, 5) is 12.0. The lowest BCUT2D eigenvalue weighted by molar-refractivity contribution is -0.124. The Hall–Kier alpha value is -1.35. The maximum Gasteiger partial charge on any atom is 0.223 e. The molecule has 1 aromatic rings. The van der Waals surface area contributed by atoms with E-state index in [1.165, 1.54) is 11.1 Å². The number of carbonyl (C=O) groups is 1. The Labute approximate surface area is 120 Å². The Kier molecular flexibility index (Phi) is 3.55. The molecule has 1 aromatic carbocycles. The lowest BCUT2D eigenvalue weighted by Gasteiger charge is -2.14. The largest absolute Gasteiger partial charge is 0.353 e. The zero-order valence-corrected chi connectivity index (χ0v) is 12.2. The van der Waals surface area contributed by atoms with Crippen molar-refractivity contribution in [2.24, 2.45) is 11.7 Å². The zero-order valence-electron chi connectivity index (χ0n) is 12.2. The lowest BCUT2D eigenvalue weighted by Crippen LogP contribution is -2.31. The Morgan fingerprint density at radius 3 is 2.75 bits per heavy atom. The van der Waals surface area contributed by atoms with Gasteiger partial charge in [0.25, 0.3) is 0 Å². The van der Waals surface area contributed by atoms with Gasteiger partial charge >= 0.3 is 0 Å². The molecule has 0 saturated heterocycles. The molecular formula is C17H24N2O. The second kappa shape index (κ2) is 5.21. The topological polar surface area (TPSA) is 55.1 Å². The van der Waals surface area contributed by atoms with Crippen LogP contribution >= 0.6 is 0 Å². The van der Waals surface area contributed by atoms with E-state index in [9.17, 15) is 4.79 Å². The van der Waals surface area contributed by atoms with Crippen molar-refractivity contribution in [2.75, 3.05) is 0 Å². The van der Waals surface area contributed by atoms with Crippen molar-refractivity contribution in [3.05, 3.63) is 35.4 Å². The zero-order chi connectivity index (χ0) is 14.2. The number of hydrogen-bond acceptors (Lipinski definition) is 2. The summed E-state index contributed by atoms with van der Waals surface area (Å²) in [6.45, 7) is 2.01. The smallest absolute Gasteiger partial charge is 0.223 e. The standard InChI is InChI=1S/C17H24N2O/c1-12(16(20)19-15-5-6-15)9-13-3-2-4-14(10-13)11-17(18)7-8-17/h2-4,10,12,15H,5-9,11,18H2,1H3,(H,19,20). The third-order valence-electron chi connectivity index (χ3n) is 4.35. The van der Waals surface area contributed by atoms with Crippen LogP contribution in [0.4, 0.5) is 0 Å². The summed E-state index contributed by atoms with van der Waals surface area (Å²) in [5.74, 6) is 0.231. The number of amides is 1. The normalized spacial score (nSPS) is 21.3. The average Bonchev–Trinajstić information content (AvgIpc) is 3.30. The molecule has 0 bridgehead atoms. The van der Waals surface area contributed by atoms with E-state index in [0.29, 0.717) is 6.04 Å². The van der Waals surface area contributed by atoms with Crippen molar-refractivity contribution >= 4 is 5.91 Å². The number of rotatable bonds is 6. The molecule has 0 aliphatic heterocycles. The first-order valence-electron chi connectivity index (χ1n) is 7.71. The van der Waals surface area contributed by atoms with E-state index in [4.69, 9.17) is 5.73 Å². The first-order chi connectivity index (χ1) is 9.54. The molecule has 2 fully saturated rings. The van der Waals surface area contributed by atoms with Gasteiger partial charge in [0.05, 0.1) is 0 Å². The fourth-order valence-corrected chi connectivity index (χ4v) is 2.63. The number of carbonyl (C=O) groups excluding carboxylic acids is 1. The summed E-state index contributed by atoms with van der Waals surface area (Å²) < 4.78 is 0. The van der Waals surface area contributed by atoms with Gasteiger partial charge in [-0.1, -0.05) is 31.2 Å². The van der Waals surface area contributed by atoms with Crippen molar-refractivity contribution in [1.82, 2.24) is 5.32 Å². The van der Waals surface area contributed by atoms with Gasteiger partial charge in [-0.15, -0.1) is 0 Å². The van der Waals surface area contributed by atoms with Crippen molar-refractivity contribution in [3.63, 3.8) is 0 Å². The molecule has 108 valence electrons. The van der Waals surface area contributed by atoms with Gasteiger partial charge in [0.1, 0.15) is 0 Å². The molecule has 3 heteroatoms. The van der Waals surface area contributed by atoms with Crippen LogP contribution in [0.2, 0.25) is 0 Å². The Balaban J connectivity index is 1.58. The number of nitrogens with two attached hydrogens (primary N) is 1. The summed E-state index contributed by atoms with van der Waals surface area (Å²) in [5.41, 5.74) is 8.77. The minimum absolute atomic E-state index is 0.0404. The molecule has 2 aliphatic carbocycles. The van der Waals surface area contributed by atoms with Crippen LogP contribution in [0.3, 0.4) is 0 Å². The van der Waals surface area contributed by atoms with Gasteiger partial charge in [0.2, 0.25) is 5.91 Å². The molecule has 1 amide bonds. The third-order valence-corrected chi connectivity index (χ3v) is 4.35. The van der Waals surface area contributed by atoms with E-state index < -0.39 is 0 Å². The molecule has 3 nitrogen and oxygen atoms in total. The van der Waals surface area contributed by atoms with Crippen LogP contribution in [0, 0.1) is 5.92 Å². The van der Waals surface area contributed by atoms with Crippen molar-refractivity contribution < 1.29 is 4.79 Å². The number of hydrogen-bond donors (Lipinski definition) is 2. The molecule has 3 N–H and O–H groups in total. The second-order valence-electron chi connectivity index (χ2n) is 6.75. The van der Waals surface area contributed by atoms with Gasteiger partial charge < -0.3 is 11.1 Å². The summed E-state index contributed by atoms with van der Waals surface area (Å²) in [6, 6.07) is 9.00. The highest BCUT2D eigenvalue weighted by molar-refractivity contribution is 5.79. The van der Waals surface area contributed by atoms with Gasteiger partial charge in [0.15, 0.2) is 0 Å². The van der Waals surface area contributed by atoms with Gasteiger partial charge in [-0.25, -0.2) is 0 Å². The van der Waals surface area contributed by atoms with E-state index in [1.807, 2.05) is 6.92 Å². The molecule has 0 aromatic heterocycles. The average molecular weight is 272 g/mol. The molecule has 0 spiro atoms. The fourth-order valence-electron chi connectivity index (χ4n) is 2.63. The van der Waals surface area contributed by atoms with Crippen LogP contribution in [0.25, 0.3) is 0 Å². The van der Waals surface area contributed by atoms with Crippen LogP contribution < -0.4 is 11.1 Å². The Bertz CT molecular complexity index is 503. The number of benzene rings is 1. The van der Waals surface area contributed by atoms with E-state index >= 15 is 0 Å². The highest BCUT2D eigenvalue weighted by Gasteiger charge is 2.37. The number of nitrogens with one attached hydrogen (secondary N) is 1. The minimum atomic E-state index is 0.0404. The third kappa shape index (κ3) is 3.60. The van der Waals surface area contributed by atoms with Gasteiger partial charge in [-0.2, -0.15) is 0 Å². The van der Waals surface area contributed by atoms with Gasteiger partial charge in [-0.3, -0.25) is 4.79 Å². The van der Waals surface area contributed by atoms with Crippen LogP contribution in [-0.2, 0) is 17.6 Å². The molecule has 3 rings (SSSR count). The predicted octanol–water partition coefficient (Wildman–Crippen LogP) is 2.18. The van der Waals surface area contributed by atoms with Crippen molar-refractivity contribution in [2.45, 2.75) is 57.0 Å². The lowest BCUT2D eigenvalue weighted by atomic mass is 9.96. The van der Waals surface area contributed by atoms with Crippen LogP contribution in [0.5, 0.6) is 0 Å². The molecule has 2 aliphatic rings. The van der Waals surface area contributed by atoms with Gasteiger partial charge in [-0.05, 0) is 49.7 Å². The first-order valence-corrected chi connectivity index (χ1v) is 7.71. The SMILES string of the molecule is CC(Cc1cccc(CC2(N)CC2)c1)C(=O)NC1CC1. The summed E-state index contributed by atoms with van der Waals surface area (Å²) >= 11 is 0. The molecular weight excluding hydrogens is 248 g/mol. The molecule has 0 radical (unpaired) electrons. The summed E-state index contributed by atoms with van der Waals surface area (Å²) in [5, 5.41) is 3.08. The first kappa shape index (κ1) is 13.6. The maximum atomic E-state index is 12.0. The highest BCUT2D eigenvalue weighted by Crippen LogP contribution is 2.35. The Morgan fingerprint density at radius 2 is 2.10 bits per heavy atom. The van der Waals surface area contributed by atoms with Crippen LogP contribution in [-0.4, -0.2) is 17.5 Å².